The van der Waals surface area contributed by atoms with Crippen molar-refractivity contribution >= 4 is 22.5 Å². The average Bonchev–Trinajstić information content (AvgIpc) is 2.67. The Balaban J connectivity index is 1.79. The molecule has 0 aliphatic rings. The lowest BCUT2D eigenvalue weighted by Crippen LogP contribution is -2.22. The highest BCUT2D eigenvalue weighted by molar-refractivity contribution is 5.92. The highest BCUT2D eigenvalue weighted by Gasteiger charge is 2.11. The van der Waals surface area contributed by atoms with E-state index in [2.05, 4.69) is 10.4 Å². The Morgan fingerprint density at radius 3 is 2.59 bits per heavy atom. The minimum atomic E-state index is -0.261. The molecule has 0 aliphatic carbocycles. The van der Waals surface area contributed by atoms with E-state index in [0.29, 0.717) is 41.3 Å². The second kappa shape index (κ2) is 8.35. The van der Waals surface area contributed by atoms with Crippen LogP contribution in [0.5, 0.6) is 11.5 Å². The quantitative estimate of drug-likeness (QED) is 0.694. The van der Waals surface area contributed by atoms with Crippen molar-refractivity contribution in [2.45, 2.75) is 20.4 Å². The average molecular weight is 367 g/mol. The van der Waals surface area contributed by atoms with E-state index in [9.17, 15) is 9.59 Å². The number of ether oxygens (including phenoxy) is 2. The zero-order valence-corrected chi connectivity index (χ0v) is 15.3. The van der Waals surface area contributed by atoms with Crippen molar-refractivity contribution < 1.29 is 14.3 Å². The van der Waals surface area contributed by atoms with Crippen LogP contribution < -0.4 is 20.2 Å². The van der Waals surface area contributed by atoms with Gasteiger partial charge in [-0.05, 0) is 38.1 Å². The summed E-state index contributed by atoms with van der Waals surface area (Å²) in [4.78, 5) is 24.4. The monoisotopic (exact) mass is 367 g/mol. The lowest BCUT2D eigenvalue weighted by atomic mass is 10.2. The lowest BCUT2D eigenvalue weighted by Gasteiger charge is -2.13. The van der Waals surface area contributed by atoms with Crippen molar-refractivity contribution in [2.24, 2.45) is 0 Å². The van der Waals surface area contributed by atoms with Gasteiger partial charge in [0.25, 0.3) is 0 Å². The summed E-state index contributed by atoms with van der Waals surface area (Å²) in [6.07, 6.45) is 1.22. The number of carbonyl (C=O) groups is 1. The van der Waals surface area contributed by atoms with Crippen LogP contribution in [0.15, 0.2) is 53.5 Å². The second-order valence-corrected chi connectivity index (χ2v) is 5.76. The Kier molecular flexibility index (Phi) is 5.71. The Morgan fingerprint density at radius 1 is 1.07 bits per heavy atom. The second-order valence-electron chi connectivity index (χ2n) is 5.76. The summed E-state index contributed by atoms with van der Waals surface area (Å²) in [6, 6.07) is 12.3. The van der Waals surface area contributed by atoms with Gasteiger partial charge in [0.05, 0.1) is 24.9 Å². The van der Waals surface area contributed by atoms with E-state index < -0.39 is 0 Å². The van der Waals surface area contributed by atoms with E-state index in [1.165, 1.54) is 10.9 Å². The number of anilines is 1. The van der Waals surface area contributed by atoms with Crippen molar-refractivity contribution in [3.63, 3.8) is 0 Å². The molecule has 140 valence electrons. The van der Waals surface area contributed by atoms with E-state index >= 15 is 0 Å². The molecule has 0 bridgehead atoms. The number of aromatic nitrogens is 2. The van der Waals surface area contributed by atoms with Crippen molar-refractivity contribution in [2.75, 3.05) is 18.5 Å². The van der Waals surface area contributed by atoms with Gasteiger partial charge in [0.15, 0.2) is 11.5 Å². The molecule has 3 rings (SSSR count). The van der Waals surface area contributed by atoms with Crippen molar-refractivity contribution in [1.29, 1.82) is 0 Å². The Bertz CT molecular complexity index is 1010. The van der Waals surface area contributed by atoms with Crippen LogP contribution in [-0.4, -0.2) is 28.9 Å². The summed E-state index contributed by atoms with van der Waals surface area (Å²) in [6.45, 7) is 4.78. The zero-order valence-electron chi connectivity index (χ0n) is 15.3. The summed E-state index contributed by atoms with van der Waals surface area (Å²) < 4.78 is 12.6. The molecule has 27 heavy (non-hydrogen) atoms. The molecule has 0 aliphatic heterocycles. The molecular formula is C20H21N3O4. The Labute approximate surface area is 156 Å². The first kappa shape index (κ1) is 18.4. The number of hydrogen-bond acceptors (Lipinski definition) is 5. The van der Waals surface area contributed by atoms with Crippen molar-refractivity contribution in [1.82, 2.24) is 9.78 Å². The van der Waals surface area contributed by atoms with Gasteiger partial charge in [-0.25, -0.2) is 0 Å². The number of para-hydroxylation sites is 1. The summed E-state index contributed by atoms with van der Waals surface area (Å²) in [7, 11) is 0. The molecule has 1 aromatic heterocycles. The summed E-state index contributed by atoms with van der Waals surface area (Å²) in [5.41, 5.74) is 1.04. The molecule has 1 N–H and O–H groups in total. The van der Waals surface area contributed by atoms with Gasteiger partial charge in [0.1, 0.15) is 6.54 Å². The number of nitrogens with one attached hydrogen (secondary N) is 1. The van der Waals surface area contributed by atoms with Gasteiger partial charge >= 0.3 is 0 Å². The van der Waals surface area contributed by atoms with E-state index in [4.69, 9.17) is 9.47 Å². The SMILES string of the molecule is CCOc1ccc(NC(=O)Cn2ncc(=O)c3ccccc32)cc1OCC. The van der Waals surface area contributed by atoms with Gasteiger partial charge in [-0.2, -0.15) is 5.10 Å². The van der Waals surface area contributed by atoms with Crippen LogP contribution in [0.2, 0.25) is 0 Å². The van der Waals surface area contributed by atoms with Crippen molar-refractivity contribution in [3.8, 4) is 11.5 Å². The molecule has 0 unspecified atom stereocenters. The molecule has 0 spiro atoms. The molecule has 0 atom stereocenters. The normalized spacial score (nSPS) is 10.6. The van der Waals surface area contributed by atoms with E-state index in [1.54, 1.807) is 42.5 Å². The van der Waals surface area contributed by atoms with Crippen LogP contribution in [0.4, 0.5) is 5.69 Å². The van der Waals surface area contributed by atoms with E-state index in [-0.39, 0.29) is 17.9 Å². The third-order valence-corrected chi connectivity index (χ3v) is 3.88. The third kappa shape index (κ3) is 4.25. The van der Waals surface area contributed by atoms with Gasteiger partial charge in [-0.1, -0.05) is 12.1 Å². The third-order valence-electron chi connectivity index (χ3n) is 3.88. The number of amides is 1. The highest BCUT2D eigenvalue weighted by atomic mass is 16.5. The first-order chi connectivity index (χ1) is 13.1. The molecular weight excluding hydrogens is 346 g/mol. The molecule has 0 radical (unpaired) electrons. The first-order valence-electron chi connectivity index (χ1n) is 8.76. The molecule has 7 heteroatoms. The van der Waals surface area contributed by atoms with E-state index in [1.807, 2.05) is 13.8 Å². The van der Waals surface area contributed by atoms with Crippen LogP contribution in [-0.2, 0) is 11.3 Å². The number of rotatable bonds is 7. The van der Waals surface area contributed by atoms with E-state index in [0.717, 1.165) is 0 Å². The molecule has 0 fully saturated rings. The molecule has 3 aromatic rings. The molecule has 0 saturated carbocycles. The Morgan fingerprint density at radius 2 is 1.81 bits per heavy atom. The molecule has 1 amide bonds. The Hall–Kier alpha value is -3.35. The zero-order chi connectivity index (χ0) is 19.2. The van der Waals surface area contributed by atoms with Crippen LogP contribution in [0.25, 0.3) is 10.9 Å². The maximum absolute atomic E-state index is 12.5. The summed E-state index contributed by atoms with van der Waals surface area (Å²) >= 11 is 0. The topological polar surface area (TPSA) is 82.5 Å². The van der Waals surface area contributed by atoms with Crippen LogP contribution in [0, 0.1) is 0 Å². The number of nitrogens with zero attached hydrogens (tertiary/aromatic N) is 2. The lowest BCUT2D eigenvalue weighted by molar-refractivity contribution is -0.116. The molecule has 0 saturated heterocycles. The number of hydrogen-bond donors (Lipinski definition) is 1. The van der Waals surface area contributed by atoms with Crippen LogP contribution in [0.3, 0.4) is 0 Å². The first-order valence-corrected chi connectivity index (χ1v) is 8.76. The summed E-state index contributed by atoms with van der Waals surface area (Å²) in [5, 5.41) is 7.42. The fourth-order valence-corrected chi connectivity index (χ4v) is 2.75. The van der Waals surface area contributed by atoms with Gasteiger partial charge in [-0.15, -0.1) is 0 Å². The maximum atomic E-state index is 12.5. The fraction of sp³-hybridized carbons (Fsp3) is 0.250. The highest BCUT2D eigenvalue weighted by Crippen LogP contribution is 2.30. The molecule has 7 nitrogen and oxygen atoms in total. The fourth-order valence-electron chi connectivity index (χ4n) is 2.75. The minimum Gasteiger partial charge on any atom is -0.490 e. The summed E-state index contributed by atoms with van der Waals surface area (Å²) in [5.74, 6) is 0.942. The van der Waals surface area contributed by atoms with Crippen LogP contribution in [0.1, 0.15) is 13.8 Å². The molecule has 2 aromatic carbocycles. The number of benzene rings is 2. The van der Waals surface area contributed by atoms with Gasteiger partial charge in [0, 0.05) is 17.1 Å². The standard InChI is InChI=1S/C20H21N3O4/c1-3-26-18-10-9-14(11-19(18)27-4-2)22-20(25)13-23-16-8-6-5-7-15(16)17(24)12-21-23/h5-12H,3-4,13H2,1-2H3,(H,22,25). The van der Waals surface area contributed by atoms with Gasteiger partial charge in [-0.3, -0.25) is 14.3 Å². The number of fused-ring (bicyclic) bond motifs is 1. The van der Waals surface area contributed by atoms with Crippen molar-refractivity contribution in [3.05, 3.63) is 58.9 Å². The van der Waals surface area contributed by atoms with Gasteiger partial charge in [0.2, 0.25) is 11.3 Å². The minimum absolute atomic E-state index is 0.0159. The van der Waals surface area contributed by atoms with Crippen LogP contribution >= 0.6 is 0 Å². The smallest absolute Gasteiger partial charge is 0.246 e. The predicted molar refractivity (Wildman–Crippen MR) is 103 cm³/mol. The maximum Gasteiger partial charge on any atom is 0.246 e. The predicted octanol–water partition coefficient (Wildman–Crippen LogP) is 2.83. The number of carbonyl (C=O) groups excluding carboxylic acids is 1. The largest absolute Gasteiger partial charge is 0.490 e. The molecule has 1 heterocycles. The van der Waals surface area contributed by atoms with Gasteiger partial charge < -0.3 is 14.8 Å².